The number of nitrogens with two attached hydrogens (primary N) is 1. The summed E-state index contributed by atoms with van der Waals surface area (Å²) in [5.41, 5.74) is 6.30. The summed E-state index contributed by atoms with van der Waals surface area (Å²) < 4.78 is 0. The molecule has 0 radical (unpaired) electrons. The number of aliphatic hydroxyl groups excluding tert-OH is 1. The van der Waals surface area contributed by atoms with Crippen LogP contribution >= 0.6 is 0 Å². The summed E-state index contributed by atoms with van der Waals surface area (Å²) in [4.78, 5) is 48.1. The third kappa shape index (κ3) is 9.01. The average molecular weight is 422 g/mol. The Bertz CT molecular complexity index is 725. The van der Waals surface area contributed by atoms with E-state index in [-0.39, 0.29) is 18.8 Å². The van der Waals surface area contributed by atoms with Gasteiger partial charge in [-0.2, -0.15) is 0 Å². The summed E-state index contributed by atoms with van der Waals surface area (Å²) in [6.07, 6.45) is 0.418. The van der Waals surface area contributed by atoms with Gasteiger partial charge in [-0.25, -0.2) is 0 Å². The lowest BCUT2D eigenvalue weighted by Crippen LogP contribution is -2.57. The molecule has 10 heteroatoms. The highest BCUT2D eigenvalue weighted by molar-refractivity contribution is 5.93. The van der Waals surface area contributed by atoms with E-state index < -0.39 is 55.0 Å². The predicted molar refractivity (Wildman–Crippen MR) is 109 cm³/mol. The van der Waals surface area contributed by atoms with Crippen molar-refractivity contribution >= 4 is 23.7 Å². The maximum atomic E-state index is 12.9. The minimum absolute atomic E-state index is 0.0378. The fraction of sp³-hybridized carbons (Fsp3) is 0.500. The molecule has 0 aliphatic carbocycles. The van der Waals surface area contributed by atoms with Crippen LogP contribution in [0.25, 0.3) is 0 Å². The first-order valence-corrected chi connectivity index (χ1v) is 9.64. The molecular formula is C20H30N4O6. The third-order valence-corrected chi connectivity index (χ3v) is 4.20. The number of hydrogen-bond acceptors (Lipinski definition) is 6. The van der Waals surface area contributed by atoms with E-state index in [4.69, 9.17) is 15.9 Å². The lowest BCUT2D eigenvalue weighted by Gasteiger charge is -2.25. The molecule has 0 aliphatic heterocycles. The zero-order valence-electron chi connectivity index (χ0n) is 17.1. The molecule has 166 valence electrons. The van der Waals surface area contributed by atoms with Crippen LogP contribution in [0.15, 0.2) is 30.3 Å². The number of aliphatic hydroxyl groups is 1. The predicted octanol–water partition coefficient (Wildman–Crippen LogP) is -1.23. The molecule has 3 unspecified atom stereocenters. The number of amides is 3. The van der Waals surface area contributed by atoms with Gasteiger partial charge in [-0.05, 0) is 17.9 Å². The number of hydrogen-bond donors (Lipinski definition) is 6. The van der Waals surface area contributed by atoms with Gasteiger partial charge < -0.3 is 31.9 Å². The van der Waals surface area contributed by atoms with Crippen LogP contribution in [0.5, 0.6) is 0 Å². The monoisotopic (exact) mass is 422 g/mol. The van der Waals surface area contributed by atoms with Gasteiger partial charge in [-0.15, -0.1) is 0 Å². The maximum absolute atomic E-state index is 12.9. The average Bonchev–Trinajstić information content (AvgIpc) is 2.70. The van der Waals surface area contributed by atoms with Crippen molar-refractivity contribution in [1.29, 1.82) is 0 Å². The highest BCUT2D eigenvalue weighted by atomic mass is 16.4. The first-order valence-electron chi connectivity index (χ1n) is 9.64. The number of aliphatic carboxylic acids is 1. The highest BCUT2D eigenvalue weighted by Gasteiger charge is 2.28. The van der Waals surface area contributed by atoms with Crippen molar-refractivity contribution in [2.45, 2.75) is 44.8 Å². The van der Waals surface area contributed by atoms with Crippen LogP contribution in [0.1, 0.15) is 25.8 Å². The molecule has 1 aromatic rings. The molecule has 1 aromatic carbocycles. The van der Waals surface area contributed by atoms with Crippen molar-refractivity contribution < 1.29 is 29.4 Å². The van der Waals surface area contributed by atoms with Crippen LogP contribution < -0.4 is 21.7 Å². The molecule has 0 aromatic heterocycles. The van der Waals surface area contributed by atoms with Crippen LogP contribution in [0.4, 0.5) is 0 Å². The van der Waals surface area contributed by atoms with Crippen LogP contribution in [-0.4, -0.2) is 65.2 Å². The molecule has 1 rings (SSSR count). The van der Waals surface area contributed by atoms with Crippen molar-refractivity contribution in [1.82, 2.24) is 16.0 Å². The molecule has 10 nitrogen and oxygen atoms in total. The zero-order valence-corrected chi connectivity index (χ0v) is 17.1. The molecule has 0 saturated heterocycles. The fourth-order valence-corrected chi connectivity index (χ4v) is 2.68. The van der Waals surface area contributed by atoms with E-state index in [0.29, 0.717) is 0 Å². The second kappa shape index (κ2) is 12.6. The normalized spacial score (nSPS) is 13.8. The minimum atomic E-state index is -1.20. The quantitative estimate of drug-likeness (QED) is 0.245. The van der Waals surface area contributed by atoms with Crippen molar-refractivity contribution in [3.05, 3.63) is 35.9 Å². The Kier molecular flexibility index (Phi) is 10.5. The van der Waals surface area contributed by atoms with E-state index in [0.717, 1.165) is 5.56 Å². The summed E-state index contributed by atoms with van der Waals surface area (Å²) >= 11 is 0. The van der Waals surface area contributed by atoms with Crippen LogP contribution in [0, 0.1) is 5.92 Å². The topological polar surface area (TPSA) is 171 Å². The number of carboxylic acid groups (broad SMARTS) is 1. The van der Waals surface area contributed by atoms with Gasteiger partial charge in [-0.1, -0.05) is 44.2 Å². The van der Waals surface area contributed by atoms with E-state index in [1.165, 1.54) is 0 Å². The molecule has 0 heterocycles. The van der Waals surface area contributed by atoms with Gasteiger partial charge in [0, 0.05) is 6.42 Å². The molecule has 3 atom stereocenters. The summed E-state index contributed by atoms with van der Waals surface area (Å²) in [6, 6.07) is 5.73. The summed E-state index contributed by atoms with van der Waals surface area (Å²) in [5, 5.41) is 25.2. The van der Waals surface area contributed by atoms with Crippen LogP contribution in [0.3, 0.4) is 0 Å². The molecule has 0 aliphatic rings. The molecule has 30 heavy (non-hydrogen) atoms. The van der Waals surface area contributed by atoms with E-state index in [1.807, 2.05) is 19.9 Å². The zero-order chi connectivity index (χ0) is 22.7. The second-order valence-electron chi connectivity index (χ2n) is 7.34. The highest BCUT2D eigenvalue weighted by Crippen LogP contribution is 2.08. The Labute approximate surface area is 175 Å². The number of benzene rings is 1. The Morgan fingerprint density at radius 2 is 1.57 bits per heavy atom. The van der Waals surface area contributed by atoms with Gasteiger partial charge in [0.25, 0.3) is 0 Å². The van der Waals surface area contributed by atoms with Crippen molar-refractivity contribution in [2.75, 3.05) is 13.2 Å². The van der Waals surface area contributed by atoms with Crippen molar-refractivity contribution in [2.24, 2.45) is 11.7 Å². The number of nitrogens with one attached hydrogen (secondary N) is 3. The van der Waals surface area contributed by atoms with E-state index >= 15 is 0 Å². The molecular weight excluding hydrogens is 392 g/mol. The second-order valence-corrected chi connectivity index (χ2v) is 7.34. The molecule has 0 fully saturated rings. The summed E-state index contributed by atoms with van der Waals surface area (Å²) in [7, 11) is 0. The molecule has 7 N–H and O–H groups in total. The van der Waals surface area contributed by atoms with Crippen LogP contribution in [0.2, 0.25) is 0 Å². The first-order chi connectivity index (χ1) is 14.1. The van der Waals surface area contributed by atoms with Crippen molar-refractivity contribution in [3.8, 4) is 0 Å². The maximum Gasteiger partial charge on any atom is 0.322 e. The van der Waals surface area contributed by atoms with Gasteiger partial charge in [-0.3, -0.25) is 19.2 Å². The third-order valence-electron chi connectivity index (χ3n) is 4.20. The smallest absolute Gasteiger partial charge is 0.322 e. The van der Waals surface area contributed by atoms with E-state index in [1.54, 1.807) is 24.3 Å². The number of carboxylic acids is 1. The number of carbonyl (C=O) groups is 4. The Hall–Kier alpha value is -2.98. The SMILES string of the molecule is CC(C)CC(NC(=O)C(Cc1ccccc1)NC(=O)C(N)CO)C(=O)NCC(=O)O. The minimum Gasteiger partial charge on any atom is -0.480 e. The fourth-order valence-electron chi connectivity index (χ4n) is 2.68. The number of rotatable bonds is 12. The van der Waals surface area contributed by atoms with Gasteiger partial charge >= 0.3 is 5.97 Å². The van der Waals surface area contributed by atoms with Gasteiger partial charge in [0.05, 0.1) is 6.61 Å². The molecule has 0 bridgehead atoms. The van der Waals surface area contributed by atoms with E-state index in [9.17, 15) is 19.2 Å². The number of carbonyl (C=O) groups excluding carboxylic acids is 3. The molecule has 3 amide bonds. The largest absolute Gasteiger partial charge is 0.480 e. The molecule has 0 saturated carbocycles. The first kappa shape index (κ1) is 25.1. The Morgan fingerprint density at radius 3 is 2.10 bits per heavy atom. The van der Waals surface area contributed by atoms with Gasteiger partial charge in [0.15, 0.2) is 0 Å². The summed E-state index contributed by atoms with van der Waals surface area (Å²) in [5.74, 6) is -3.12. The lowest BCUT2D eigenvalue weighted by molar-refractivity contribution is -0.138. The van der Waals surface area contributed by atoms with Crippen LogP contribution in [-0.2, 0) is 25.6 Å². The van der Waals surface area contributed by atoms with E-state index in [2.05, 4.69) is 16.0 Å². The molecule has 0 spiro atoms. The Morgan fingerprint density at radius 1 is 0.967 bits per heavy atom. The van der Waals surface area contributed by atoms with Gasteiger partial charge in [0.2, 0.25) is 17.7 Å². The van der Waals surface area contributed by atoms with Crippen molar-refractivity contribution in [3.63, 3.8) is 0 Å². The standard InChI is InChI=1S/C20H30N4O6/c1-12(2)8-15(19(29)22-10-17(26)27)24-20(30)16(23-18(28)14(21)11-25)9-13-6-4-3-5-7-13/h3-7,12,14-16,25H,8-11,21H2,1-2H3,(H,22,29)(H,23,28)(H,24,30)(H,26,27). The Balaban J connectivity index is 2.98. The summed E-state index contributed by atoms with van der Waals surface area (Å²) in [6.45, 7) is 2.55. The van der Waals surface area contributed by atoms with Gasteiger partial charge in [0.1, 0.15) is 24.7 Å². The lowest BCUT2D eigenvalue weighted by atomic mass is 10.0.